The number of hydrogen-bond donors (Lipinski definition) is 2. The fourth-order valence-electron chi connectivity index (χ4n) is 2.33. The van der Waals surface area contributed by atoms with Crippen molar-refractivity contribution in [3.63, 3.8) is 0 Å². The van der Waals surface area contributed by atoms with E-state index in [-0.39, 0.29) is 0 Å². The second kappa shape index (κ2) is 5.47. The number of anilines is 2. The molecule has 3 rings (SSSR count). The van der Waals surface area contributed by atoms with Crippen molar-refractivity contribution in [3.05, 3.63) is 18.6 Å². The lowest BCUT2D eigenvalue weighted by Gasteiger charge is -2.25. The smallest absolute Gasteiger partial charge is 0.180 e. The van der Waals surface area contributed by atoms with E-state index in [1.165, 1.54) is 19.3 Å². The SMILES string of the molecule is CCCNc1cn2ccnc2c(NCC2CCC2)n1. The average Bonchev–Trinajstić information content (AvgIpc) is 2.82. The van der Waals surface area contributed by atoms with Crippen molar-refractivity contribution in [1.82, 2.24) is 14.4 Å². The summed E-state index contributed by atoms with van der Waals surface area (Å²) in [6, 6.07) is 0. The maximum atomic E-state index is 4.64. The van der Waals surface area contributed by atoms with Crippen LogP contribution in [0.5, 0.6) is 0 Å². The molecular weight excluding hydrogens is 238 g/mol. The van der Waals surface area contributed by atoms with Crippen molar-refractivity contribution < 1.29 is 0 Å². The number of aromatic nitrogens is 3. The van der Waals surface area contributed by atoms with E-state index in [4.69, 9.17) is 0 Å². The maximum absolute atomic E-state index is 4.64. The third kappa shape index (κ3) is 2.64. The number of nitrogens with zero attached hydrogens (tertiary/aromatic N) is 3. The third-order valence-electron chi connectivity index (χ3n) is 3.71. The Morgan fingerprint density at radius 1 is 1.37 bits per heavy atom. The van der Waals surface area contributed by atoms with Crippen molar-refractivity contribution in [3.8, 4) is 0 Å². The molecule has 0 radical (unpaired) electrons. The fourth-order valence-corrected chi connectivity index (χ4v) is 2.33. The molecule has 1 saturated carbocycles. The van der Waals surface area contributed by atoms with Crippen LogP contribution in [-0.2, 0) is 0 Å². The van der Waals surface area contributed by atoms with E-state index in [1.54, 1.807) is 0 Å². The molecule has 1 aliphatic rings. The van der Waals surface area contributed by atoms with E-state index in [1.807, 2.05) is 23.0 Å². The van der Waals surface area contributed by atoms with Crippen molar-refractivity contribution in [2.45, 2.75) is 32.6 Å². The minimum absolute atomic E-state index is 0.809. The second-order valence-electron chi connectivity index (χ2n) is 5.24. The first-order valence-corrected chi connectivity index (χ1v) is 7.18. The Balaban J connectivity index is 1.79. The molecule has 5 heteroatoms. The van der Waals surface area contributed by atoms with Gasteiger partial charge in [0.2, 0.25) is 0 Å². The minimum atomic E-state index is 0.809. The summed E-state index contributed by atoms with van der Waals surface area (Å²) in [5, 5.41) is 6.79. The summed E-state index contributed by atoms with van der Waals surface area (Å²) in [7, 11) is 0. The molecule has 102 valence electrons. The molecule has 0 atom stereocenters. The van der Waals surface area contributed by atoms with Crippen molar-refractivity contribution in [2.24, 2.45) is 5.92 Å². The van der Waals surface area contributed by atoms with E-state index >= 15 is 0 Å². The summed E-state index contributed by atoms with van der Waals surface area (Å²) in [5.74, 6) is 2.60. The van der Waals surface area contributed by atoms with Gasteiger partial charge in [-0.05, 0) is 25.2 Å². The second-order valence-corrected chi connectivity index (χ2v) is 5.24. The van der Waals surface area contributed by atoms with Crippen molar-refractivity contribution in [1.29, 1.82) is 0 Å². The molecule has 5 nitrogen and oxygen atoms in total. The summed E-state index contributed by atoms with van der Waals surface area (Å²) in [6.45, 7) is 4.10. The third-order valence-corrected chi connectivity index (χ3v) is 3.71. The van der Waals surface area contributed by atoms with Crippen molar-refractivity contribution in [2.75, 3.05) is 23.7 Å². The van der Waals surface area contributed by atoms with Crippen LogP contribution in [0.3, 0.4) is 0 Å². The van der Waals surface area contributed by atoms with Gasteiger partial charge in [-0.1, -0.05) is 13.3 Å². The Kier molecular flexibility index (Phi) is 3.53. The number of hydrogen-bond acceptors (Lipinski definition) is 4. The zero-order valence-corrected chi connectivity index (χ0v) is 11.4. The quantitative estimate of drug-likeness (QED) is 0.837. The zero-order valence-electron chi connectivity index (χ0n) is 11.4. The lowest BCUT2D eigenvalue weighted by molar-refractivity contribution is 0.333. The Hall–Kier alpha value is -1.78. The highest BCUT2D eigenvalue weighted by atomic mass is 15.1. The van der Waals surface area contributed by atoms with Gasteiger partial charge in [0, 0.05) is 25.5 Å². The molecule has 1 fully saturated rings. The van der Waals surface area contributed by atoms with Crippen LogP contribution in [0.4, 0.5) is 11.6 Å². The predicted molar refractivity (Wildman–Crippen MR) is 77.6 cm³/mol. The maximum Gasteiger partial charge on any atom is 0.180 e. The van der Waals surface area contributed by atoms with Gasteiger partial charge in [0.15, 0.2) is 11.5 Å². The van der Waals surface area contributed by atoms with E-state index in [0.717, 1.165) is 42.7 Å². The molecule has 0 aliphatic heterocycles. The number of imidazole rings is 1. The Morgan fingerprint density at radius 2 is 2.26 bits per heavy atom. The van der Waals surface area contributed by atoms with Gasteiger partial charge in [-0.15, -0.1) is 0 Å². The van der Waals surface area contributed by atoms with Gasteiger partial charge in [0.25, 0.3) is 0 Å². The van der Waals surface area contributed by atoms with Crippen LogP contribution in [0.25, 0.3) is 5.65 Å². The lowest BCUT2D eigenvalue weighted by atomic mass is 9.85. The molecule has 19 heavy (non-hydrogen) atoms. The first kappa shape index (κ1) is 12.3. The van der Waals surface area contributed by atoms with Gasteiger partial charge in [-0.3, -0.25) is 0 Å². The van der Waals surface area contributed by atoms with Gasteiger partial charge in [0.05, 0.1) is 6.20 Å². The molecule has 2 aromatic rings. The first-order valence-electron chi connectivity index (χ1n) is 7.18. The van der Waals surface area contributed by atoms with Crippen LogP contribution >= 0.6 is 0 Å². The Morgan fingerprint density at radius 3 is 3.00 bits per heavy atom. The molecule has 0 amide bonds. The van der Waals surface area contributed by atoms with Gasteiger partial charge in [0.1, 0.15) is 5.82 Å². The van der Waals surface area contributed by atoms with Crippen LogP contribution < -0.4 is 10.6 Å². The molecule has 0 spiro atoms. The molecule has 1 aliphatic carbocycles. The Bertz CT molecular complexity index is 544. The van der Waals surface area contributed by atoms with Crippen molar-refractivity contribution >= 4 is 17.3 Å². The Labute approximate surface area is 113 Å². The molecule has 2 aromatic heterocycles. The van der Waals surface area contributed by atoms with Crippen LogP contribution in [0.1, 0.15) is 32.6 Å². The van der Waals surface area contributed by atoms with Gasteiger partial charge < -0.3 is 15.0 Å². The molecular formula is C14H21N5. The van der Waals surface area contributed by atoms with E-state index < -0.39 is 0 Å². The lowest BCUT2D eigenvalue weighted by Crippen LogP contribution is -2.21. The monoisotopic (exact) mass is 259 g/mol. The molecule has 2 heterocycles. The molecule has 0 bridgehead atoms. The summed E-state index contributed by atoms with van der Waals surface area (Å²) >= 11 is 0. The topological polar surface area (TPSA) is 54.2 Å². The summed E-state index contributed by atoms with van der Waals surface area (Å²) in [6.07, 6.45) is 10.9. The van der Waals surface area contributed by atoms with E-state index in [0.29, 0.717) is 0 Å². The number of nitrogens with one attached hydrogen (secondary N) is 2. The molecule has 0 unspecified atom stereocenters. The highest BCUT2D eigenvalue weighted by molar-refractivity contribution is 5.65. The first-order chi connectivity index (χ1) is 9.36. The summed E-state index contributed by atoms with van der Waals surface area (Å²) < 4.78 is 2.02. The van der Waals surface area contributed by atoms with Gasteiger partial charge in [-0.2, -0.15) is 0 Å². The van der Waals surface area contributed by atoms with Gasteiger partial charge in [-0.25, -0.2) is 9.97 Å². The van der Waals surface area contributed by atoms with Crippen LogP contribution in [0.15, 0.2) is 18.6 Å². The largest absolute Gasteiger partial charge is 0.369 e. The number of rotatable bonds is 6. The van der Waals surface area contributed by atoms with Crippen LogP contribution in [0.2, 0.25) is 0 Å². The standard InChI is InChI=1S/C14H21N5/c1-2-6-15-12-10-19-8-7-16-14(19)13(18-12)17-9-11-4-3-5-11/h7-8,10-11,15H,2-6,9H2,1H3,(H,17,18). The molecule has 2 N–H and O–H groups in total. The van der Waals surface area contributed by atoms with E-state index in [9.17, 15) is 0 Å². The molecule has 0 saturated heterocycles. The van der Waals surface area contributed by atoms with Crippen LogP contribution in [-0.4, -0.2) is 27.5 Å². The highest BCUT2D eigenvalue weighted by Crippen LogP contribution is 2.27. The normalized spacial score (nSPS) is 15.4. The predicted octanol–water partition coefficient (Wildman–Crippen LogP) is 2.76. The average molecular weight is 259 g/mol. The fraction of sp³-hybridized carbons (Fsp3) is 0.571. The minimum Gasteiger partial charge on any atom is -0.369 e. The van der Waals surface area contributed by atoms with Crippen LogP contribution in [0, 0.1) is 5.92 Å². The molecule has 0 aromatic carbocycles. The zero-order chi connectivity index (χ0) is 13.1. The number of fused-ring (bicyclic) bond motifs is 1. The highest BCUT2D eigenvalue weighted by Gasteiger charge is 2.18. The summed E-state index contributed by atoms with van der Waals surface area (Å²) in [5.41, 5.74) is 0.904. The summed E-state index contributed by atoms with van der Waals surface area (Å²) in [4.78, 5) is 9.01. The van der Waals surface area contributed by atoms with E-state index in [2.05, 4.69) is 27.5 Å². The van der Waals surface area contributed by atoms with Gasteiger partial charge >= 0.3 is 0 Å².